The lowest BCUT2D eigenvalue weighted by Crippen LogP contribution is -2.40. The first-order valence-corrected chi connectivity index (χ1v) is 11.0. The number of aromatic nitrogens is 2. The van der Waals surface area contributed by atoms with Gasteiger partial charge in [-0.05, 0) is 55.3 Å². The Morgan fingerprint density at radius 3 is 2.84 bits per heavy atom. The van der Waals surface area contributed by atoms with Crippen molar-refractivity contribution in [2.75, 3.05) is 25.6 Å². The number of carbonyl (C=O) groups is 1. The third kappa shape index (κ3) is 4.36. The molecule has 31 heavy (non-hydrogen) atoms. The number of piperidine rings is 1. The van der Waals surface area contributed by atoms with E-state index in [1.807, 2.05) is 23.1 Å². The fourth-order valence-electron chi connectivity index (χ4n) is 3.72. The Morgan fingerprint density at radius 2 is 1.97 bits per heavy atom. The Balaban J connectivity index is 1.22. The molecule has 3 heterocycles. The number of nitrogens with zero attached hydrogens (tertiary/aromatic N) is 3. The van der Waals surface area contributed by atoms with Crippen LogP contribution in [0.4, 0.5) is 4.39 Å². The topological polar surface area (TPSA) is 77.7 Å². The van der Waals surface area contributed by atoms with Crippen molar-refractivity contribution in [2.24, 2.45) is 0 Å². The van der Waals surface area contributed by atoms with Crippen LogP contribution in [0.2, 0.25) is 0 Å². The van der Waals surface area contributed by atoms with Crippen molar-refractivity contribution in [3.8, 4) is 23.0 Å². The average molecular weight is 441 g/mol. The molecule has 0 bridgehead atoms. The minimum atomic E-state index is -0.283. The maximum absolute atomic E-state index is 13.0. The van der Waals surface area contributed by atoms with Gasteiger partial charge in [0.15, 0.2) is 11.5 Å². The minimum absolute atomic E-state index is 0.00350. The first-order chi connectivity index (χ1) is 15.2. The Kier molecular flexibility index (Phi) is 5.50. The molecule has 0 N–H and O–H groups in total. The first-order valence-electron chi connectivity index (χ1n) is 10.1. The van der Waals surface area contributed by atoms with Crippen molar-refractivity contribution >= 4 is 17.7 Å². The van der Waals surface area contributed by atoms with E-state index >= 15 is 0 Å². The van der Waals surface area contributed by atoms with E-state index in [9.17, 15) is 9.18 Å². The highest BCUT2D eigenvalue weighted by Crippen LogP contribution is 2.36. The molecule has 7 nitrogen and oxygen atoms in total. The van der Waals surface area contributed by atoms with E-state index < -0.39 is 0 Å². The molecule has 1 atom stereocenters. The summed E-state index contributed by atoms with van der Waals surface area (Å²) < 4.78 is 29.7. The number of rotatable bonds is 5. The fraction of sp³-hybridized carbons (Fsp3) is 0.318. The van der Waals surface area contributed by atoms with Crippen LogP contribution in [0.25, 0.3) is 11.5 Å². The molecule has 1 aromatic heterocycles. The molecule has 160 valence electrons. The molecule has 0 saturated carbocycles. The smallest absolute Gasteiger partial charge is 0.247 e. The zero-order valence-electron chi connectivity index (χ0n) is 16.6. The quantitative estimate of drug-likeness (QED) is 0.552. The van der Waals surface area contributed by atoms with Crippen LogP contribution in [0.15, 0.2) is 51.8 Å². The predicted octanol–water partition coefficient (Wildman–Crippen LogP) is 4.10. The monoisotopic (exact) mass is 441 g/mol. The van der Waals surface area contributed by atoms with Gasteiger partial charge >= 0.3 is 0 Å². The van der Waals surface area contributed by atoms with Crippen molar-refractivity contribution < 1.29 is 23.1 Å². The van der Waals surface area contributed by atoms with Gasteiger partial charge in [-0.1, -0.05) is 0 Å². The van der Waals surface area contributed by atoms with Gasteiger partial charge < -0.3 is 18.8 Å². The highest BCUT2D eigenvalue weighted by molar-refractivity contribution is 8.00. The Morgan fingerprint density at radius 1 is 1.13 bits per heavy atom. The van der Waals surface area contributed by atoms with Gasteiger partial charge in [0.05, 0.1) is 11.7 Å². The van der Waals surface area contributed by atoms with Gasteiger partial charge in [0.2, 0.25) is 24.5 Å². The zero-order chi connectivity index (χ0) is 21.2. The second-order valence-corrected chi connectivity index (χ2v) is 8.48. The number of benzene rings is 2. The molecule has 1 amide bonds. The lowest BCUT2D eigenvalue weighted by molar-refractivity contribution is -0.129. The van der Waals surface area contributed by atoms with E-state index in [1.54, 1.807) is 12.1 Å². The summed E-state index contributed by atoms with van der Waals surface area (Å²) in [5.41, 5.74) is 0.766. The predicted molar refractivity (Wildman–Crippen MR) is 112 cm³/mol. The molecule has 2 aromatic carbocycles. The first kappa shape index (κ1) is 19.9. The van der Waals surface area contributed by atoms with Crippen LogP contribution in [0.3, 0.4) is 0 Å². The van der Waals surface area contributed by atoms with Gasteiger partial charge in [0.25, 0.3) is 0 Å². The molecule has 9 heteroatoms. The summed E-state index contributed by atoms with van der Waals surface area (Å²) in [7, 11) is 0. The number of carbonyl (C=O) groups excluding carboxylic acids is 1. The van der Waals surface area contributed by atoms with E-state index in [0.717, 1.165) is 23.3 Å². The highest BCUT2D eigenvalue weighted by atomic mass is 32.2. The Hall–Kier alpha value is -3.07. The Bertz CT molecular complexity index is 1090. The maximum Gasteiger partial charge on any atom is 0.247 e. The van der Waals surface area contributed by atoms with Crippen LogP contribution in [-0.4, -0.2) is 46.6 Å². The molecule has 0 radical (unpaired) electrons. The molecule has 0 unspecified atom stereocenters. The van der Waals surface area contributed by atoms with Gasteiger partial charge in [0.1, 0.15) is 5.82 Å². The number of halogens is 1. The summed E-state index contributed by atoms with van der Waals surface area (Å²) in [5.74, 6) is 2.39. The van der Waals surface area contributed by atoms with E-state index in [0.29, 0.717) is 42.1 Å². The summed E-state index contributed by atoms with van der Waals surface area (Å²) in [6.07, 6.45) is 1.76. The van der Waals surface area contributed by atoms with Crippen LogP contribution in [-0.2, 0) is 4.79 Å². The van der Waals surface area contributed by atoms with Crippen LogP contribution in [0, 0.1) is 5.82 Å². The summed E-state index contributed by atoms with van der Waals surface area (Å²) >= 11 is 1.41. The number of thioether (sulfide) groups is 1. The Labute approximate surface area is 182 Å². The minimum Gasteiger partial charge on any atom is -0.454 e. The van der Waals surface area contributed by atoms with Crippen LogP contribution in [0.1, 0.15) is 24.7 Å². The number of likely N-dealkylation sites (tertiary alicyclic amines) is 1. The van der Waals surface area contributed by atoms with Gasteiger partial charge in [0, 0.05) is 23.5 Å². The molecule has 5 rings (SSSR count). The molecular weight excluding hydrogens is 421 g/mol. The van der Waals surface area contributed by atoms with E-state index in [4.69, 9.17) is 13.9 Å². The third-order valence-corrected chi connectivity index (χ3v) is 6.36. The van der Waals surface area contributed by atoms with E-state index in [1.165, 1.54) is 23.9 Å². The molecule has 3 aromatic rings. The fourth-order valence-corrected chi connectivity index (χ4v) is 4.52. The van der Waals surface area contributed by atoms with Crippen molar-refractivity contribution in [2.45, 2.75) is 23.7 Å². The molecule has 1 fully saturated rings. The molecular formula is C22H20FN3O4S. The summed E-state index contributed by atoms with van der Waals surface area (Å²) in [4.78, 5) is 15.4. The highest BCUT2D eigenvalue weighted by Gasteiger charge is 2.29. The summed E-state index contributed by atoms with van der Waals surface area (Å²) in [5, 5.41) is 8.43. The maximum atomic E-state index is 13.0. The number of ether oxygens (including phenoxy) is 2. The molecule has 2 aliphatic rings. The van der Waals surface area contributed by atoms with E-state index in [2.05, 4.69) is 10.2 Å². The second kappa shape index (κ2) is 8.58. The number of fused-ring (bicyclic) bond motifs is 1. The van der Waals surface area contributed by atoms with Crippen molar-refractivity contribution in [1.29, 1.82) is 0 Å². The standard InChI is InChI=1S/C22H20FN3O4S/c23-16-4-6-17(7-5-16)31-12-20(27)26-9-1-2-15(11-26)22-25-24-21(30-22)14-3-8-18-19(10-14)29-13-28-18/h3-8,10,15H,1-2,9,11-13H2/t15-/m1/s1. The van der Waals surface area contributed by atoms with Gasteiger partial charge in [-0.25, -0.2) is 4.39 Å². The number of hydrogen-bond acceptors (Lipinski definition) is 7. The number of hydrogen-bond donors (Lipinski definition) is 0. The largest absolute Gasteiger partial charge is 0.454 e. The average Bonchev–Trinajstić information content (AvgIpc) is 3.48. The van der Waals surface area contributed by atoms with Crippen LogP contribution in [0.5, 0.6) is 11.5 Å². The molecule has 1 saturated heterocycles. The molecule has 2 aliphatic heterocycles. The summed E-state index contributed by atoms with van der Waals surface area (Å²) in [6, 6.07) is 11.7. The summed E-state index contributed by atoms with van der Waals surface area (Å²) in [6.45, 7) is 1.47. The van der Waals surface area contributed by atoms with Gasteiger partial charge in [-0.3, -0.25) is 4.79 Å². The van der Waals surface area contributed by atoms with Gasteiger partial charge in [-0.2, -0.15) is 0 Å². The van der Waals surface area contributed by atoms with Gasteiger partial charge in [-0.15, -0.1) is 22.0 Å². The molecule has 0 spiro atoms. The third-order valence-electron chi connectivity index (χ3n) is 5.36. The SMILES string of the molecule is O=C(CSc1ccc(F)cc1)N1CCC[C@@H](c2nnc(-c3ccc4c(c3)OCO4)o2)C1. The normalized spacial score (nSPS) is 17.7. The lowest BCUT2D eigenvalue weighted by atomic mass is 9.98. The van der Waals surface area contributed by atoms with Crippen LogP contribution >= 0.6 is 11.8 Å². The van der Waals surface area contributed by atoms with Crippen molar-refractivity contribution in [3.05, 3.63) is 54.2 Å². The number of amides is 1. The van der Waals surface area contributed by atoms with Crippen molar-refractivity contribution in [1.82, 2.24) is 15.1 Å². The second-order valence-electron chi connectivity index (χ2n) is 7.43. The zero-order valence-corrected chi connectivity index (χ0v) is 17.4. The van der Waals surface area contributed by atoms with E-state index in [-0.39, 0.29) is 24.4 Å². The molecule has 0 aliphatic carbocycles. The lowest BCUT2D eigenvalue weighted by Gasteiger charge is -2.31. The van der Waals surface area contributed by atoms with Crippen molar-refractivity contribution in [3.63, 3.8) is 0 Å². The van der Waals surface area contributed by atoms with Crippen LogP contribution < -0.4 is 9.47 Å².